The maximum atomic E-state index is 11.8. The molecule has 0 radical (unpaired) electrons. The molecule has 2 fully saturated rings. The van der Waals surface area contributed by atoms with Crippen molar-refractivity contribution < 1.29 is 9.59 Å². The molecule has 0 unspecified atom stereocenters. The van der Waals surface area contributed by atoms with E-state index in [-0.39, 0.29) is 17.4 Å². The predicted molar refractivity (Wildman–Crippen MR) is 133 cm³/mol. The number of likely N-dealkylation sites (tertiary alicyclic amines) is 1. The Morgan fingerprint density at radius 2 is 1.71 bits per heavy atom. The lowest BCUT2D eigenvalue weighted by atomic mass is 9.87. The Kier molecular flexibility index (Phi) is 5.86. The number of halogens is 1. The summed E-state index contributed by atoms with van der Waals surface area (Å²) in [5, 5.41) is 0.691. The number of hydrogen-bond donors (Lipinski definition) is 2. The third-order valence-corrected chi connectivity index (χ3v) is 8.10. The Balaban J connectivity index is 1.68. The van der Waals surface area contributed by atoms with Gasteiger partial charge in [0, 0.05) is 22.2 Å². The largest absolute Gasteiger partial charge is 0.369 e. The van der Waals surface area contributed by atoms with E-state index >= 15 is 0 Å². The minimum absolute atomic E-state index is 0.0590. The molecule has 2 heterocycles. The number of hydrogen-bond acceptors (Lipinski definition) is 4. The number of aromatic nitrogens is 2. The highest BCUT2D eigenvalue weighted by Crippen LogP contribution is 2.47. The number of aryl methyl sites for hydroxylation is 1. The summed E-state index contributed by atoms with van der Waals surface area (Å²) >= 11 is 6.56. The molecular formula is C26H30ClN5O2. The lowest BCUT2D eigenvalue weighted by molar-refractivity contribution is -0.123. The molecule has 2 aromatic carbocycles. The third-order valence-electron chi connectivity index (χ3n) is 7.69. The molecule has 0 atom stereocenters. The van der Waals surface area contributed by atoms with Crippen LogP contribution in [-0.4, -0.2) is 39.4 Å². The average Bonchev–Trinajstić information content (AvgIpc) is 3.45. The summed E-state index contributed by atoms with van der Waals surface area (Å²) in [5.74, 6) is 0.278. The van der Waals surface area contributed by atoms with Crippen molar-refractivity contribution in [2.24, 2.45) is 17.4 Å². The minimum atomic E-state index is -0.453. The van der Waals surface area contributed by atoms with Gasteiger partial charge < -0.3 is 11.5 Å². The number of piperidine rings is 1. The second kappa shape index (κ2) is 8.71. The van der Waals surface area contributed by atoms with Gasteiger partial charge in [-0.1, -0.05) is 24.4 Å². The van der Waals surface area contributed by atoms with Crippen LogP contribution in [0.15, 0.2) is 36.4 Å². The molecule has 0 bridgehead atoms. The fourth-order valence-corrected chi connectivity index (χ4v) is 5.94. The van der Waals surface area contributed by atoms with Crippen LogP contribution in [0, 0.1) is 12.8 Å². The number of benzene rings is 2. The van der Waals surface area contributed by atoms with Crippen LogP contribution >= 0.6 is 11.6 Å². The first-order chi connectivity index (χ1) is 16.3. The van der Waals surface area contributed by atoms with E-state index in [4.69, 9.17) is 28.1 Å². The van der Waals surface area contributed by atoms with E-state index in [2.05, 4.69) is 9.47 Å². The van der Waals surface area contributed by atoms with Gasteiger partial charge >= 0.3 is 0 Å². The van der Waals surface area contributed by atoms with Crippen LogP contribution in [0.1, 0.15) is 60.3 Å². The number of carbonyl (C=O) groups excluding carboxylic acids is 2. The van der Waals surface area contributed by atoms with Crippen LogP contribution in [0.25, 0.3) is 16.7 Å². The summed E-state index contributed by atoms with van der Waals surface area (Å²) < 4.78 is 2.19. The number of primary amides is 2. The molecule has 1 aliphatic carbocycles. The lowest BCUT2D eigenvalue weighted by Crippen LogP contribution is -2.50. The van der Waals surface area contributed by atoms with Crippen molar-refractivity contribution in [2.75, 3.05) is 13.1 Å². The van der Waals surface area contributed by atoms with Gasteiger partial charge in [0.05, 0.1) is 16.6 Å². The van der Waals surface area contributed by atoms with Gasteiger partial charge in [-0.25, -0.2) is 4.98 Å². The highest BCUT2D eigenvalue weighted by Gasteiger charge is 2.46. The van der Waals surface area contributed by atoms with Gasteiger partial charge in [0.25, 0.3) is 0 Å². The first kappa shape index (κ1) is 22.9. The van der Waals surface area contributed by atoms with Gasteiger partial charge in [-0.15, -0.1) is 0 Å². The van der Waals surface area contributed by atoms with Crippen LogP contribution in [0.3, 0.4) is 0 Å². The number of rotatable bonds is 5. The van der Waals surface area contributed by atoms with Crippen LogP contribution in [0.2, 0.25) is 5.02 Å². The van der Waals surface area contributed by atoms with Gasteiger partial charge in [-0.3, -0.25) is 19.1 Å². The van der Waals surface area contributed by atoms with E-state index in [9.17, 15) is 9.59 Å². The van der Waals surface area contributed by atoms with Gasteiger partial charge in [-0.05, 0) is 87.7 Å². The van der Waals surface area contributed by atoms with Crippen LogP contribution < -0.4 is 11.5 Å². The van der Waals surface area contributed by atoms with Crippen molar-refractivity contribution in [3.8, 4) is 5.69 Å². The van der Waals surface area contributed by atoms with Crippen molar-refractivity contribution in [3.05, 3.63) is 58.4 Å². The van der Waals surface area contributed by atoms with Crippen LogP contribution in [-0.2, 0) is 10.3 Å². The molecule has 8 heteroatoms. The Hall–Kier alpha value is -2.90. The number of amides is 2. The van der Waals surface area contributed by atoms with Crippen molar-refractivity contribution in [1.82, 2.24) is 14.5 Å². The lowest BCUT2D eigenvalue weighted by Gasteiger charge is -2.44. The Morgan fingerprint density at radius 1 is 1.06 bits per heavy atom. The van der Waals surface area contributed by atoms with E-state index in [1.165, 1.54) is 0 Å². The molecule has 5 rings (SSSR count). The Morgan fingerprint density at radius 3 is 2.29 bits per heavy atom. The van der Waals surface area contributed by atoms with Crippen molar-refractivity contribution >= 4 is 34.4 Å². The molecule has 1 aliphatic heterocycles. The smallest absolute Gasteiger partial charge is 0.248 e. The summed E-state index contributed by atoms with van der Waals surface area (Å²) in [6, 6.07) is 11.4. The standard InChI is InChI=1S/C26H30ClN5O2/c1-16-14-21-22(15-20(16)27)32(19-6-4-17(5-7-19)23(28)33)25(30-21)26(10-2-3-11-26)31-12-8-18(9-13-31)24(29)34/h4-7,14-15,18H,2-3,8-13H2,1H3,(H2,28,33)(H2,29,34). The topological polar surface area (TPSA) is 107 Å². The molecule has 1 saturated carbocycles. The van der Waals surface area contributed by atoms with E-state index < -0.39 is 5.91 Å². The molecular weight excluding hydrogens is 450 g/mol. The van der Waals surface area contributed by atoms with Gasteiger partial charge in [-0.2, -0.15) is 0 Å². The fraction of sp³-hybridized carbons (Fsp3) is 0.423. The van der Waals surface area contributed by atoms with Crippen molar-refractivity contribution in [2.45, 2.75) is 51.0 Å². The van der Waals surface area contributed by atoms with Crippen molar-refractivity contribution in [1.29, 1.82) is 0 Å². The second-order valence-electron chi connectivity index (χ2n) is 9.67. The number of nitrogens with zero attached hydrogens (tertiary/aromatic N) is 3. The first-order valence-electron chi connectivity index (χ1n) is 11.9. The van der Waals surface area contributed by atoms with E-state index in [1.54, 1.807) is 12.1 Å². The van der Waals surface area contributed by atoms with Crippen LogP contribution in [0.4, 0.5) is 0 Å². The highest BCUT2D eigenvalue weighted by atomic mass is 35.5. The second-order valence-corrected chi connectivity index (χ2v) is 10.1. The normalized spacial score (nSPS) is 19.0. The predicted octanol–water partition coefficient (Wildman–Crippen LogP) is 4.05. The molecule has 1 saturated heterocycles. The van der Waals surface area contributed by atoms with Crippen LogP contribution in [0.5, 0.6) is 0 Å². The molecule has 2 aliphatic rings. The number of nitrogens with two attached hydrogens (primary N) is 2. The summed E-state index contributed by atoms with van der Waals surface area (Å²) in [4.78, 5) is 31.1. The monoisotopic (exact) mass is 479 g/mol. The Bertz CT molecular complexity index is 1250. The summed E-state index contributed by atoms with van der Waals surface area (Å²) in [7, 11) is 0. The van der Waals surface area contributed by atoms with Gasteiger partial charge in [0.2, 0.25) is 11.8 Å². The maximum Gasteiger partial charge on any atom is 0.248 e. The Labute approximate surface area is 204 Å². The van der Waals surface area contributed by atoms with Crippen molar-refractivity contribution in [3.63, 3.8) is 0 Å². The molecule has 7 nitrogen and oxygen atoms in total. The molecule has 178 valence electrons. The number of carbonyl (C=O) groups is 2. The quantitative estimate of drug-likeness (QED) is 0.575. The fourth-order valence-electron chi connectivity index (χ4n) is 5.78. The zero-order valence-electron chi connectivity index (χ0n) is 19.4. The zero-order valence-corrected chi connectivity index (χ0v) is 20.1. The molecule has 4 N–H and O–H groups in total. The molecule has 3 aromatic rings. The first-order valence-corrected chi connectivity index (χ1v) is 12.3. The molecule has 2 amide bonds. The van der Waals surface area contributed by atoms with Gasteiger partial charge in [0.15, 0.2) is 0 Å². The minimum Gasteiger partial charge on any atom is -0.369 e. The highest BCUT2D eigenvalue weighted by molar-refractivity contribution is 6.32. The maximum absolute atomic E-state index is 11.8. The van der Waals surface area contributed by atoms with E-state index in [0.29, 0.717) is 10.6 Å². The van der Waals surface area contributed by atoms with E-state index in [0.717, 1.165) is 79.7 Å². The summed E-state index contributed by atoms with van der Waals surface area (Å²) in [6.45, 7) is 3.62. The third kappa shape index (κ3) is 3.77. The molecule has 0 spiro atoms. The van der Waals surface area contributed by atoms with E-state index in [1.807, 2.05) is 31.2 Å². The zero-order chi connectivity index (χ0) is 24.0. The SMILES string of the molecule is Cc1cc2nc(C3(N4CCC(C(N)=O)CC4)CCCC3)n(-c3ccc(C(N)=O)cc3)c2cc1Cl. The molecule has 1 aromatic heterocycles. The number of fused-ring (bicyclic) bond motifs is 1. The average molecular weight is 480 g/mol. The molecule has 34 heavy (non-hydrogen) atoms. The summed E-state index contributed by atoms with van der Waals surface area (Å²) in [6.07, 6.45) is 5.80. The summed E-state index contributed by atoms with van der Waals surface area (Å²) in [5.41, 5.74) is 15.1. The number of imidazole rings is 1. The van der Waals surface area contributed by atoms with Gasteiger partial charge in [0.1, 0.15) is 5.82 Å².